The molecule has 0 spiro atoms. The minimum atomic E-state index is -2.93. The second-order valence-electron chi connectivity index (χ2n) is 3.24. The van der Waals surface area contributed by atoms with E-state index in [1.54, 1.807) is 0 Å². The highest BCUT2D eigenvalue weighted by Gasteiger charge is 2.70. The summed E-state index contributed by atoms with van der Waals surface area (Å²) in [5.74, 6) is -3.58. The van der Waals surface area contributed by atoms with Crippen molar-refractivity contribution in [3.63, 3.8) is 0 Å². The van der Waals surface area contributed by atoms with Gasteiger partial charge in [0, 0.05) is 12.6 Å². The van der Waals surface area contributed by atoms with Gasteiger partial charge < -0.3 is 5.73 Å². The third-order valence-corrected chi connectivity index (χ3v) is 2.25. The maximum Gasteiger partial charge on any atom is 0.272 e. The molecule has 5 heteroatoms. The SMILES string of the molecule is NC1(c2cncc(F)c2)CC1(F)F. The zero-order chi connectivity index (χ0) is 9.69. The van der Waals surface area contributed by atoms with Crippen molar-refractivity contribution in [3.8, 4) is 0 Å². The van der Waals surface area contributed by atoms with Gasteiger partial charge in [-0.15, -0.1) is 0 Å². The van der Waals surface area contributed by atoms with Crippen molar-refractivity contribution in [2.45, 2.75) is 17.9 Å². The third kappa shape index (κ3) is 1.11. The Morgan fingerprint density at radius 2 is 2.00 bits per heavy atom. The molecule has 13 heavy (non-hydrogen) atoms. The van der Waals surface area contributed by atoms with E-state index in [1.807, 2.05) is 0 Å². The van der Waals surface area contributed by atoms with Crippen LogP contribution in [0.15, 0.2) is 18.5 Å². The summed E-state index contributed by atoms with van der Waals surface area (Å²) in [5.41, 5.74) is 3.70. The first-order chi connectivity index (χ1) is 5.96. The van der Waals surface area contributed by atoms with Crippen molar-refractivity contribution in [3.05, 3.63) is 29.8 Å². The van der Waals surface area contributed by atoms with E-state index in [9.17, 15) is 13.2 Å². The molecular formula is C8H7F3N2. The van der Waals surface area contributed by atoms with Gasteiger partial charge in [-0.25, -0.2) is 13.2 Å². The van der Waals surface area contributed by atoms with Gasteiger partial charge in [0.1, 0.15) is 11.4 Å². The quantitative estimate of drug-likeness (QED) is 0.723. The molecule has 2 nitrogen and oxygen atoms in total. The van der Waals surface area contributed by atoms with E-state index >= 15 is 0 Å². The number of aromatic nitrogens is 1. The predicted molar refractivity (Wildman–Crippen MR) is 39.6 cm³/mol. The van der Waals surface area contributed by atoms with Crippen molar-refractivity contribution >= 4 is 0 Å². The number of rotatable bonds is 1. The molecule has 1 aliphatic rings. The number of nitrogens with two attached hydrogens (primary N) is 1. The van der Waals surface area contributed by atoms with E-state index < -0.39 is 23.7 Å². The van der Waals surface area contributed by atoms with Crippen molar-refractivity contribution in [1.29, 1.82) is 0 Å². The van der Waals surface area contributed by atoms with E-state index in [0.29, 0.717) is 0 Å². The number of hydrogen-bond acceptors (Lipinski definition) is 2. The first-order valence-electron chi connectivity index (χ1n) is 3.73. The number of nitrogens with zero attached hydrogens (tertiary/aromatic N) is 1. The summed E-state index contributed by atoms with van der Waals surface area (Å²) in [6, 6.07) is 0.994. The maximum absolute atomic E-state index is 12.7. The highest BCUT2D eigenvalue weighted by Crippen LogP contribution is 2.57. The summed E-state index contributed by atoms with van der Waals surface area (Å²) in [6.45, 7) is 0. The van der Waals surface area contributed by atoms with Gasteiger partial charge in [0.15, 0.2) is 0 Å². The van der Waals surface area contributed by atoms with Crippen LogP contribution in [-0.2, 0) is 5.54 Å². The molecule has 0 saturated heterocycles. The number of pyridine rings is 1. The smallest absolute Gasteiger partial charge is 0.272 e. The molecule has 1 aliphatic carbocycles. The molecule has 1 fully saturated rings. The molecule has 1 saturated carbocycles. The zero-order valence-electron chi connectivity index (χ0n) is 6.60. The fourth-order valence-electron chi connectivity index (χ4n) is 1.28. The van der Waals surface area contributed by atoms with Crippen molar-refractivity contribution < 1.29 is 13.2 Å². The minimum absolute atomic E-state index is 0.0532. The van der Waals surface area contributed by atoms with Crippen molar-refractivity contribution in [2.24, 2.45) is 5.73 Å². The largest absolute Gasteiger partial charge is 0.316 e. The Morgan fingerprint density at radius 3 is 2.46 bits per heavy atom. The van der Waals surface area contributed by atoms with Gasteiger partial charge in [0.25, 0.3) is 5.92 Å². The monoisotopic (exact) mass is 188 g/mol. The molecule has 1 heterocycles. The first kappa shape index (κ1) is 8.50. The fraction of sp³-hybridized carbons (Fsp3) is 0.375. The summed E-state index contributed by atoms with van der Waals surface area (Å²) in [4.78, 5) is 3.47. The van der Waals surface area contributed by atoms with Gasteiger partial charge >= 0.3 is 0 Å². The van der Waals surface area contributed by atoms with Gasteiger partial charge in [-0.1, -0.05) is 0 Å². The summed E-state index contributed by atoms with van der Waals surface area (Å²) < 4.78 is 38.1. The van der Waals surface area contributed by atoms with Crippen molar-refractivity contribution in [1.82, 2.24) is 4.98 Å². The summed E-state index contributed by atoms with van der Waals surface area (Å²) >= 11 is 0. The van der Waals surface area contributed by atoms with Crippen LogP contribution in [0.3, 0.4) is 0 Å². The van der Waals surface area contributed by atoms with E-state index in [0.717, 1.165) is 12.3 Å². The first-order valence-corrected chi connectivity index (χ1v) is 3.73. The van der Waals surface area contributed by atoms with Crippen LogP contribution in [-0.4, -0.2) is 10.9 Å². The van der Waals surface area contributed by atoms with Crippen LogP contribution < -0.4 is 5.73 Å². The van der Waals surface area contributed by atoms with Gasteiger partial charge in [-0.3, -0.25) is 4.98 Å². The van der Waals surface area contributed by atoms with Gasteiger partial charge in [-0.05, 0) is 11.6 Å². The Hall–Kier alpha value is -1.10. The highest BCUT2D eigenvalue weighted by atomic mass is 19.3. The van der Waals surface area contributed by atoms with Crippen LogP contribution in [0.5, 0.6) is 0 Å². The number of hydrogen-bond donors (Lipinski definition) is 1. The molecule has 0 aromatic carbocycles. The number of alkyl halides is 2. The van der Waals surface area contributed by atoms with Crippen LogP contribution in [0, 0.1) is 5.82 Å². The second kappa shape index (κ2) is 2.23. The lowest BCUT2D eigenvalue weighted by molar-refractivity contribution is 0.0889. The maximum atomic E-state index is 12.7. The molecule has 0 amide bonds. The molecular weight excluding hydrogens is 181 g/mol. The second-order valence-corrected chi connectivity index (χ2v) is 3.24. The van der Waals surface area contributed by atoms with Gasteiger partial charge in [-0.2, -0.15) is 0 Å². The average molecular weight is 188 g/mol. The van der Waals surface area contributed by atoms with Crippen molar-refractivity contribution in [2.75, 3.05) is 0 Å². The standard InChI is InChI=1S/C8H7F3N2/c9-6-1-5(2-13-3-6)7(12)4-8(7,10)11/h1-3H,4,12H2. The Bertz CT molecular complexity index is 353. The lowest BCUT2D eigenvalue weighted by atomic mass is 10.1. The molecule has 1 aromatic rings. The molecule has 1 aromatic heterocycles. The topological polar surface area (TPSA) is 38.9 Å². The lowest BCUT2D eigenvalue weighted by Gasteiger charge is -2.09. The summed E-state index contributed by atoms with van der Waals surface area (Å²) in [6.07, 6.45) is 1.68. The molecule has 2 N–H and O–H groups in total. The average Bonchev–Trinajstić information content (AvgIpc) is 2.53. The number of halogens is 3. The molecule has 1 atom stereocenters. The van der Waals surface area contributed by atoms with E-state index in [4.69, 9.17) is 5.73 Å². The Labute approximate surface area is 72.6 Å². The zero-order valence-corrected chi connectivity index (χ0v) is 6.60. The molecule has 2 rings (SSSR count). The Balaban J connectivity index is 2.38. The molecule has 1 unspecified atom stereocenters. The summed E-state index contributed by atoms with van der Waals surface area (Å²) in [7, 11) is 0. The molecule has 70 valence electrons. The normalized spacial score (nSPS) is 30.2. The van der Waals surface area contributed by atoms with Crippen LogP contribution in [0.2, 0.25) is 0 Å². The molecule has 0 aliphatic heterocycles. The Kier molecular flexibility index (Phi) is 1.46. The van der Waals surface area contributed by atoms with E-state index in [2.05, 4.69) is 4.98 Å². The van der Waals surface area contributed by atoms with E-state index in [-0.39, 0.29) is 5.56 Å². The fourth-order valence-corrected chi connectivity index (χ4v) is 1.28. The van der Waals surface area contributed by atoms with Crippen LogP contribution in [0.4, 0.5) is 13.2 Å². The van der Waals surface area contributed by atoms with Crippen LogP contribution in [0.25, 0.3) is 0 Å². The Morgan fingerprint density at radius 1 is 1.38 bits per heavy atom. The lowest BCUT2D eigenvalue weighted by Crippen LogP contribution is -2.27. The molecule has 0 bridgehead atoms. The van der Waals surface area contributed by atoms with Gasteiger partial charge in [0.05, 0.1) is 6.20 Å². The minimum Gasteiger partial charge on any atom is -0.316 e. The van der Waals surface area contributed by atoms with Crippen LogP contribution in [0.1, 0.15) is 12.0 Å². The third-order valence-electron chi connectivity index (χ3n) is 2.25. The van der Waals surface area contributed by atoms with Crippen LogP contribution >= 0.6 is 0 Å². The predicted octanol–water partition coefficient (Wildman–Crippen LogP) is 1.41. The van der Waals surface area contributed by atoms with E-state index in [1.165, 1.54) is 6.20 Å². The highest BCUT2D eigenvalue weighted by molar-refractivity contribution is 5.33. The molecule has 0 radical (unpaired) electrons. The van der Waals surface area contributed by atoms with Gasteiger partial charge in [0.2, 0.25) is 0 Å². The summed E-state index contributed by atoms with van der Waals surface area (Å²) in [5, 5.41) is 0.